The van der Waals surface area contributed by atoms with Gasteiger partial charge in [-0.3, -0.25) is 0 Å². The molecule has 0 radical (unpaired) electrons. The maximum Gasteiger partial charge on any atom is -0.00130 e. The molecule has 0 unspecified atom stereocenters. The van der Waals surface area contributed by atoms with Crippen molar-refractivity contribution in [2.24, 2.45) is 0 Å². The summed E-state index contributed by atoms with van der Waals surface area (Å²) in [5.74, 6) is 0. The molecule has 0 aromatic heterocycles. The molecular formula is C43H52. The molecular weight excluding hydrogens is 516 g/mol. The molecule has 0 spiro atoms. The van der Waals surface area contributed by atoms with E-state index >= 15 is 0 Å². The van der Waals surface area contributed by atoms with Crippen LogP contribution in [0.1, 0.15) is 139 Å². The molecule has 0 bridgehead atoms. The zero-order valence-corrected chi connectivity index (χ0v) is 28.9. The third kappa shape index (κ3) is 5.41. The van der Waals surface area contributed by atoms with Crippen molar-refractivity contribution >= 4 is 0 Å². The van der Waals surface area contributed by atoms with Crippen molar-refractivity contribution < 1.29 is 0 Å². The maximum atomic E-state index is 2.55. The molecule has 0 nitrogen and oxygen atoms in total. The van der Waals surface area contributed by atoms with Gasteiger partial charge in [-0.15, -0.1) is 0 Å². The number of benzene rings is 4. The van der Waals surface area contributed by atoms with Gasteiger partial charge < -0.3 is 0 Å². The van der Waals surface area contributed by atoms with E-state index in [4.69, 9.17) is 0 Å². The highest BCUT2D eigenvalue weighted by Crippen LogP contribution is 2.47. The fourth-order valence-corrected chi connectivity index (χ4v) is 7.13. The Hall–Kier alpha value is -3.12. The van der Waals surface area contributed by atoms with Crippen molar-refractivity contribution in [1.29, 1.82) is 0 Å². The van der Waals surface area contributed by atoms with Crippen molar-refractivity contribution in [3.63, 3.8) is 0 Å². The first kappa shape index (κ1) is 29.9. The van der Waals surface area contributed by atoms with E-state index < -0.39 is 0 Å². The van der Waals surface area contributed by atoms with Crippen LogP contribution in [0.25, 0.3) is 22.3 Å². The Morgan fingerprint density at radius 1 is 0.395 bits per heavy atom. The molecule has 4 aromatic rings. The van der Waals surface area contributed by atoms with E-state index in [2.05, 4.69) is 144 Å². The predicted octanol–water partition coefficient (Wildman–Crippen LogP) is 11.6. The van der Waals surface area contributed by atoms with Crippen molar-refractivity contribution in [3.05, 3.63) is 116 Å². The summed E-state index contributed by atoms with van der Waals surface area (Å²) in [6.07, 6.45) is 3.02. The van der Waals surface area contributed by atoms with Crippen LogP contribution in [-0.4, -0.2) is 0 Å². The molecule has 0 amide bonds. The largest absolute Gasteiger partial charge is 0.0582 e. The second-order valence-corrected chi connectivity index (χ2v) is 17.6. The van der Waals surface area contributed by atoms with E-state index in [0.717, 1.165) is 19.3 Å². The minimum Gasteiger partial charge on any atom is -0.0582 e. The van der Waals surface area contributed by atoms with Crippen molar-refractivity contribution in [1.82, 2.24) is 0 Å². The van der Waals surface area contributed by atoms with Gasteiger partial charge in [-0.05, 0) is 119 Å². The topological polar surface area (TPSA) is 0 Å². The lowest BCUT2D eigenvalue weighted by molar-refractivity contribution is 0.588. The van der Waals surface area contributed by atoms with E-state index in [0.29, 0.717) is 0 Å². The van der Waals surface area contributed by atoms with Crippen LogP contribution >= 0.6 is 0 Å². The monoisotopic (exact) mass is 568 g/mol. The molecule has 6 rings (SSSR count). The van der Waals surface area contributed by atoms with Gasteiger partial charge >= 0.3 is 0 Å². The van der Waals surface area contributed by atoms with Gasteiger partial charge in [-0.25, -0.2) is 0 Å². The molecule has 2 aliphatic rings. The van der Waals surface area contributed by atoms with Crippen LogP contribution in [0.3, 0.4) is 0 Å². The molecule has 0 atom stereocenters. The van der Waals surface area contributed by atoms with E-state index in [-0.39, 0.29) is 21.7 Å². The number of hydrogen-bond acceptors (Lipinski definition) is 0. The summed E-state index contributed by atoms with van der Waals surface area (Å²) in [5.41, 5.74) is 21.0. The molecule has 224 valence electrons. The Kier molecular flexibility index (Phi) is 6.74. The van der Waals surface area contributed by atoms with E-state index in [1.807, 2.05) is 0 Å². The Bertz CT molecular complexity index is 1620. The van der Waals surface area contributed by atoms with Crippen LogP contribution in [0.5, 0.6) is 0 Å². The normalized spacial score (nSPS) is 14.4. The van der Waals surface area contributed by atoms with Crippen LogP contribution in [0.15, 0.2) is 60.7 Å². The molecule has 43 heavy (non-hydrogen) atoms. The fraction of sp³-hybridized carbons (Fsp3) is 0.442. The van der Waals surface area contributed by atoms with Gasteiger partial charge in [0, 0.05) is 0 Å². The first-order chi connectivity index (χ1) is 19.8. The lowest BCUT2D eigenvalue weighted by Gasteiger charge is -2.25. The third-order valence-corrected chi connectivity index (χ3v) is 9.97. The second-order valence-electron chi connectivity index (χ2n) is 17.6. The molecule has 0 fully saturated rings. The van der Waals surface area contributed by atoms with Crippen molar-refractivity contribution in [2.75, 3.05) is 0 Å². The Labute approximate surface area is 262 Å². The van der Waals surface area contributed by atoms with Gasteiger partial charge in [0.05, 0.1) is 0 Å². The first-order valence-electron chi connectivity index (χ1n) is 16.4. The summed E-state index contributed by atoms with van der Waals surface area (Å²) in [6.45, 7) is 28.2. The zero-order valence-electron chi connectivity index (χ0n) is 28.9. The van der Waals surface area contributed by atoms with Gasteiger partial charge in [0.1, 0.15) is 0 Å². The summed E-state index contributed by atoms with van der Waals surface area (Å²) in [7, 11) is 0. The smallest absolute Gasteiger partial charge is 0.00130 e. The van der Waals surface area contributed by atoms with Crippen LogP contribution in [-0.2, 0) is 40.9 Å². The Morgan fingerprint density at radius 2 is 0.744 bits per heavy atom. The lowest BCUT2D eigenvalue weighted by Crippen LogP contribution is -2.14. The Morgan fingerprint density at radius 3 is 1.07 bits per heavy atom. The SMILES string of the molecule is CC(C)(C)c1cc2c(c(Cc3cc(C(C)(C)C)cc4c3-c3cc(C(C)(C)C)ccc3C4)c1)-c1cc(C(C)(C)C)ccc1C2. The molecule has 0 heterocycles. The molecule has 2 aliphatic carbocycles. The molecule has 0 saturated carbocycles. The maximum absolute atomic E-state index is 2.55. The third-order valence-electron chi connectivity index (χ3n) is 9.97. The van der Waals surface area contributed by atoms with Gasteiger partial charge in [0.25, 0.3) is 0 Å². The minimum atomic E-state index is 0.0958. The number of hydrogen-bond donors (Lipinski definition) is 0. The van der Waals surface area contributed by atoms with Crippen LogP contribution in [0.2, 0.25) is 0 Å². The lowest BCUT2D eigenvalue weighted by atomic mass is 9.79. The number of fused-ring (bicyclic) bond motifs is 6. The molecule has 0 heteroatoms. The highest BCUT2D eigenvalue weighted by molar-refractivity contribution is 5.84. The molecule has 0 saturated heterocycles. The average Bonchev–Trinajstić information content (AvgIpc) is 3.43. The summed E-state index contributed by atoms with van der Waals surface area (Å²) < 4.78 is 0. The summed E-state index contributed by atoms with van der Waals surface area (Å²) in [4.78, 5) is 0. The highest BCUT2D eigenvalue weighted by atomic mass is 14.3. The summed E-state index contributed by atoms with van der Waals surface area (Å²) in [5, 5.41) is 0. The Balaban J connectivity index is 1.59. The first-order valence-corrected chi connectivity index (χ1v) is 16.4. The average molecular weight is 569 g/mol. The summed E-state index contributed by atoms with van der Waals surface area (Å²) in [6, 6.07) is 24.6. The van der Waals surface area contributed by atoms with Crippen molar-refractivity contribution in [2.45, 2.75) is 124 Å². The second kappa shape index (κ2) is 9.69. The van der Waals surface area contributed by atoms with E-state index in [9.17, 15) is 0 Å². The van der Waals surface area contributed by atoms with Gasteiger partial charge in [-0.1, -0.05) is 144 Å². The van der Waals surface area contributed by atoms with E-state index in [1.165, 1.54) is 77.9 Å². The summed E-state index contributed by atoms with van der Waals surface area (Å²) >= 11 is 0. The zero-order chi connectivity index (χ0) is 31.3. The molecule has 0 N–H and O–H groups in total. The van der Waals surface area contributed by atoms with Crippen LogP contribution < -0.4 is 0 Å². The standard InChI is InChI=1S/C43H52/c1-40(2,3)32-15-13-26-17-28-20-34(42(7,8)9)22-30(38(28)36(26)24-32)19-31-23-35(43(10,11)12)21-29-18-27-14-16-33(41(4,5)6)25-37(27)39(29)31/h13-16,20-25H,17-19H2,1-12H3. The molecule has 0 aliphatic heterocycles. The van der Waals surface area contributed by atoms with Crippen molar-refractivity contribution in [3.8, 4) is 22.3 Å². The highest BCUT2D eigenvalue weighted by Gasteiger charge is 2.30. The van der Waals surface area contributed by atoms with Gasteiger partial charge in [-0.2, -0.15) is 0 Å². The van der Waals surface area contributed by atoms with Crippen LogP contribution in [0.4, 0.5) is 0 Å². The van der Waals surface area contributed by atoms with Crippen LogP contribution in [0, 0.1) is 0 Å². The molecule has 4 aromatic carbocycles. The minimum absolute atomic E-state index is 0.0958. The predicted molar refractivity (Wildman–Crippen MR) is 187 cm³/mol. The van der Waals surface area contributed by atoms with Gasteiger partial charge in [0.2, 0.25) is 0 Å². The van der Waals surface area contributed by atoms with Gasteiger partial charge in [0.15, 0.2) is 0 Å². The number of rotatable bonds is 2. The quantitative estimate of drug-likeness (QED) is 0.195. The van der Waals surface area contributed by atoms with E-state index in [1.54, 1.807) is 0 Å². The fourth-order valence-electron chi connectivity index (χ4n) is 7.13.